The highest BCUT2D eigenvalue weighted by molar-refractivity contribution is 5.94. The van der Waals surface area contributed by atoms with Crippen molar-refractivity contribution in [2.75, 3.05) is 6.54 Å². The molecule has 74 valence electrons. The van der Waals surface area contributed by atoms with E-state index in [0.29, 0.717) is 0 Å². The fourth-order valence-corrected chi connectivity index (χ4v) is 0.911. The average Bonchev–Trinajstić information content (AvgIpc) is 2.17. The molecule has 14 heavy (non-hydrogen) atoms. The Bertz CT molecular complexity index is 339. The van der Waals surface area contributed by atoms with Crippen LogP contribution in [0.15, 0.2) is 30.3 Å². The van der Waals surface area contributed by atoms with E-state index >= 15 is 0 Å². The Balaban J connectivity index is 2.71. The first-order valence-electron chi connectivity index (χ1n) is 3.85. The van der Waals surface area contributed by atoms with Crippen molar-refractivity contribution in [2.45, 2.75) is 0 Å². The summed E-state index contributed by atoms with van der Waals surface area (Å²) in [5.74, 6) is -2.34. The highest BCUT2D eigenvalue weighted by atomic mass is 19.2. The van der Waals surface area contributed by atoms with Crippen molar-refractivity contribution in [3.63, 3.8) is 0 Å². The van der Waals surface area contributed by atoms with Gasteiger partial charge in [-0.15, -0.1) is 0 Å². The molecule has 1 aromatic rings. The van der Waals surface area contributed by atoms with Crippen LogP contribution in [0.2, 0.25) is 0 Å². The summed E-state index contributed by atoms with van der Waals surface area (Å²) in [6.45, 7) is -0.951. The lowest BCUT2D eigenvalue weighted by Crippen LogP contribution is -2.28. The largest absolute Gasteiger partial charge is 0.480 e. The van der Waals surface area contributed by atoms with Crippen LogP contribution >= 0.6 is 0 Å². The summed E-state index contributed by atoms with van der Waals surface area (Å²) in [6.07, 6.45) is 0. The third kappa shape index (κ3) is 2.55. The number of carboxylic acids is 1. The molecule has 0 aromatic heterocycles. The predicted molar refractivity (Wildman–Crippen MR) is 46.2 cm³/mol. The number of hydrogen-bond acceptors (Lipinski definition) is 2. The van der Waals surface area contributed by atoms with Gasteiger partial charge in [-0.3, -0.25) is 9.59 Å². The minimum Gasteiger partial charge on any atom is -0.480 e. The maximum Gasteiger partial charge on any atom is 0.326 e. The third-order valence-corrected chi connectivity index (χ3v) is 1.52. The molecule has 0 saturated carbocycles. The fraction of sp³-hybridized carbons (Fsp3) is 0.111. The van der Waals surface area contributed by atoms with Gasteiger partial charge in [0.2, 0.25) is 0 Å². The molecule has 4 nitrogen and oxygen atoms in total. The summed E-state index contributed by atoms with van der Waals surface area (Å²) < 4.78 is 12.8. The van der Waals surface area contributed by atoms with E-state index < -0.39 is 18.4 Å². The minimum atomic E-state index is -1.39. The maximum absolute atomic E-state index is 12.8. The van der Waals surface area contributed by atoms with Gasteiger partial charge < -0.3 is 5.11 Å². The number of carbonyl (C=O) groups is 2. The number of nitrogens with zero attached hydrogens (tertiary/aromatic N) is 1. The van der Waals surface area contributed by atoms with E-state index in [0.717, 1.165) is 0 Å². The van der Waals surface area contributed by atoms with Crippen molar-refractivity contribution >= 4 is 11.9 Å². The molecule has 0 radical (unpaired) electrons. The van der Waals surface area contributed by atoms with E-state index in [1.165, 1.54) is 12.1 Å². The van der Waals surface area contributed by atoms with E-state index in [9.17, 15) is 14.1 Å². The van der Waals surface area contributed by atoms with E-state index in [2.05, 4.69) is 0 Å². The van der Waals surface area contributed by atoms with Crippen LogP contribution in [0.25, 0.3) is 0 Å². The van der Waals surface area contributed by atoms with Crippen LogP contribution in [0.3, 0.4) is 0 Å². The van der Waals surface area contributed by atoms with Gasteiger partial charge in [0.15, 0.2) is 6.54 Å². The van der Waals surface area contributed by atoms with Crippen LogP contribution < -0.4 is 0 Å². The van der Waals surface area contributed by atoms with E-state index in [1.54, 1.807) is 18.2 Å². The number of rotatable bonds is 3. The lowest BCUT2D eigenvalue weighted by molar-refractivity contribution is -0.140. The molecule has 0 aliphatic heterocycles. The van der Waals surface area contributed by atoms with E-state index in [4.69, 9.17) is 5.11 Å². The SMILES string of the molecule is O=C(O)CN(F)C(=O)c1ccccc1. The molecule has 1 amide bonds. The molecular weight excluding hydrogens is 189 g/mol. The zero-order valence-electron chi connectivity index (χ0n) is 7.18. The van der Waals surface area contributed by atoms with Crippen LogP contribution in [0, 0.1) is 0 Å². The van der Waals surface area contributed by atoms with Crippen molar-refractivity contribution < 1.29 is 19.2 Å². The molecule has 0 unspecified atom stereocenters. The van der Waals surface area contributed by atoms with Gasteiger partial charge in [-0.1, -0.05) is 22.7 Å². The molecule has 0 fully saturated rings. The zero-order chi connectivity index (χ0) is 10.6. The Labute approximate surface area is 79.5 Å². The Morgan fingerprint density at radius 1 is 1.29 bits per heavy atom. The van der Waals surface area contributed by atoms with Crippen molar-refractivity contribution in [1.82, 2.24) is 5.12 Å². The number of aliphatic carboxylic acids is 1. The Hall–Kier alpha value is -1.91. The lowest BCUT2D eigenvalue weighted by atomic mass is 10.2. The van der Waals surface area contributed by atoms with Gasteiger partial charge in [0.1, 0.15) is 0 Å². The van der Waals surface area contributed by atoms with Gasteiger partial charge in [0.25, 0.3) is 5.91 Å². The Morgan fingerprint density at radius 2 is 1.86 bits per heavy atom. The highest BCUT2D eigenvalue weighted by Crippen LogP contribution is 2.04. The Kier molecular flexibility index (Phi) is 3.17. The number of carboxylic acid groups (broad SMARTS) is 1. The lowest BCUT2D eigenvalue weighted by Gasteiger charge is -2.08. The average molecular weight is 197 g/mol. The summed E-state index contributed by atoms with van der Waals surface area (Å²) in [5.41, 5.74) is 0.122. The number of carbonyl (C=O) groups excluding carboxylic acids is 1. The van der Waals surface area contributed by atoms with Gasteiger partial charge >= 0.3 is 5.97 Å². The molecule has 1 rings (SSSR count). The first kappa shape index (κ1) is 10.2. The van der Waals surface area contributed by atoms with Crippen LogP contribution in [0.1, 0.15) is 10.4 Å². The molecule has 0 aliphatic carbocycles. The Morgan fingerprint density at radius 3 is 2.36 bits per heavy atom. The van der Waals surface area contributed by atoms with Crippen LogP contribution in [-0.4, -0.2) is 28.6 Å². The normalized spacial score (nSPS) is 9.50. The predicted octanol–water partition coefficient (Wildman–Crippen LogP) is 1.10. The second-order valence-corrected chi connectivity index (χ2v) is 2.59. The van der Waals surface area contributed by atoms with E-state index in [-0.39, 0.29) is 10.7 Å². The summed E-state index contributed by atoms with van der Waals surface area (Å²) in [6, 6.07) is 7.65. The van der Waals surface area contributed by atoms with Crippen molar-refractivity contribution in [3.8, 4) is 0 Å². The number of hydrogen-bond donors (Lipinski definition) is 1. The number of amides is 1. The van der Waals surface area contributed by atoms with Gasteiger partial charge in [-0.25, -0.2) is 0 Å². The third-order valence-electron chi connectivity index (χ3n) is 1.52. The fourth-order valence-electron chi connectivity index (χ4n) is 0.911. The van der Waals surface area contributed by atoms with E-state index in [1.807, 2.05) is 0 Å². The van der Waals surface area contributed by atoms with Gasteiger partial charge in [0.05, 0.1) is 0 Å². The first-order chi connectivity index (χ1) is 6.61. The molecule has 1 N–H and O–H groups in total. The molecular formula is C9H8FNO3. The number of halogens is 1. The van der Waals surface area contributed by atoms with Gasteiger partial charge in [0, 0.05) is 5.56 Å². The van der Waals surface area contributed by atoms with Crippen LogP contribution in [-0.2, 0) is 4.79 Å². The molecule has 0 saturated heterocycles. The minimum absolute atomic E-state index is 0.122. The quantitative estimate of drug-likeness (QED) is 0.738. The maximum atomic E-state index is 12.8. The van der Waals surface area contributed by atoms with Crippen LogP contribution in [0.4, 0.5) is 4.48 Å². The smallest absolute Gasteiger partial charge is 0.326 e. The standard InChI is InChI=1S/C9H8FNO3/c10-11(6-8(12)13)9(14)7-4-2-1-3-5-7/h1-5H,6H2,(H,12,13). The van der Waals surface area contributed by atoms with Crippen molar-refractivity contribution in [1.29, 1.82) is 0 Å². The first-order valence-corrected chi connectivity index (χ1v) is 3.85. The summed E-state index contributed by atoms with van der Waals surface area (Å²) >= 11 is 0. The monoisotopic (exact) mass is 197 g/mol. The molecule has 5 heteroatoms. The summed E-state index contributed by atoms with van der Waals surface area (Å²) in [7, 11) is 0. The van der Waals surface area contributed by atoms with Crippen LogP contribution in [0.5, 0.6) is 0 Å². The molecule has 1 aromatic carbocycles. The van der Waals surface area contributed by atoms with Crippen molar-refractivity contribution in [3.05, 3.63) is 35.9 Å². The second-order valence-electron chi connectivity index (χ2n) is 2.59. The summed E-state index contributed by atoms with van der Waals surface area (Å²) in [5, 5.41) is 7.91. The highest BCUT2D eigenvalue weighted by Gasteiger charge is 2.17. The topological polar surface area (TPSA) is 57.6 Å². The van der Waals surface area contributed by atoms with Crippen molar-refractivity contribution in [2.24, 2.45) is 0 Å². The molecule has 0 bridgehead atoms. The summed E-state index contributed by atoms with van der Waals surface area (Å²) in [4.78, 5) is 21.3. The second kappa shape index (κ2) is 4.36. The van der Waals surface area contributed by atoms with Gasteiger partial charge in [-0.2, -0.15) is 5.12 Å². The molecule has 0 aliphatic rings. The molecule has 0 spiro atoms. The molecule has 0 heterocycles. The molecule has 0 atom stereocenters. The number of benzene rings is 1. The zero-order valence-corrected chi connectivity index (χ0v) is 7.18. The van der Waals surface area contributed by atoms with Gasteiger partial charge in [-0.05, 0) is 12.1 Å².